The normalized spacial score (nSPS) is 16.3. The van der Waals surface area contributed by atoms with E-state index in [-0.39, 0.29) is 48.9 Å². The lowest BCUT2D eigenvalue weighted by atomic mass is 9.90. The number of piperidine rings is 1. The van der Waals surface area contributed by atoms with Crippen LogP contribution in [0.25, 0.3) is 0 Å². The predicted molar refractivity (Wildman–Crippen MR) is 223 cm³/mol. The SMILES string of the molecule is CCS(=O)(=O)N(CCCC#N)CCn1cc(C2=NC(Nc3ccc(C(=O)NCCOCCOCCOc4ccc(C5CCC(=O)NC5=O)cc4)cc3)Nc3[nH]ccc32)cn1. The van der Waals surface area contributed by atoms with Crippen LogP contribution >= 0.6 is 0 Å². The third-order valence-electron chi connectivity index (χ3n) is 9.85. The summed E-state index contributed by atoms with van der Waals surface area (Å²) in [5.74, 6) is 0.350. The van der Waals surface area contributed by atoms with Gasteiger partial charge in [0.2, 0.25) is 21.8 Å². The number of nitrogens with zero attached hydrogens (tertiary/aromatic N) is 5. The average molecular weight is 843 g/mol. The van der Waals surface area contributed by atoms with Gasteiger partial charge in [0.25, 0.3) is 5.91 Å². The van der Waals surface area contributed by atoms with Crippen molar-refractivity contribution in [1.82, 2.24) is 29.7 Å². The summed E-state index contributed by atoms with van der Waals surface area (Å²) in [6, 6.07) is 18.3. The van der Waals surface area contributed by atoms with Gasteiger partial charge in [0.05, 0.1) is 62.6 Å². The number of nitrogens with one attached hydrogen (secondary N) is 5. The molecular formula is C41H50N10O8S. The molecule has 2 aromatic heterocycles. The fraction of sp³-hybridized carbons (Fsp3) is 0.415. The number of hydrogen-bond donors (Lipinski definition) is 5. The Labute approximate surface area is 348 Å². The third kappa shape index (κ3) is 12.0. The van der Waals surface area contributed by atoms with Crippen LogP contribution in [-0.4, -0.2) is 116 Å². The van der Waals surface area contributed by atoms with Gasteiger partial charge in [-0.2, -0.15) is 10.4 Å². The van der Waals surface area contributed by atoms with E-state index >= 15 is 0 Å². The molecular weight excluding hydrogens is 793 g/mol. The van der Waals surface area contributed by atoms with Crippen molar-refractivity contribution in [1.29, 1.82) is 5.26 Å². The number of fused-ring (bicyclic) bond motifs is 1. The molecule has 0 spiro atoms. The number of benzene rings is 2. The first-order valence-electron chi connectivity index (χ1n) is 19.9. The number of carbonyl (C=O) groups excluding carboxylic acids is 3. The second kappa shape index (κ2) is 21.3. The first kappa shape index (κ1) is 43.5. The summed E-state index contributed by atoms with van der Waals surface area (Å²) in [4.78, 5) is 44.3. The summed E-state index contributed by atoms with van der Waals surface area (Å²) in [6.45, 7) is 4.56. The van der Waals surface area contributed by atoms with Crippen LogP contribution in [0.2, 0.25) is 0 Å². The molecule has 19 heteroatoms. The largest absolute Gasteiger partial charge is 0.491 e. The smallest absolute Gasteiger partial charge is 0.251 e. The van der Waals surface area contributed by atoms with Gasteiger partial charge in [-0.3, -0.25) is 24.4 Å². The first-order valence-corrected chi connectivity index (χ1v) is 21.5. The number of unbranched alkanes of at least 4 members (excludes halogenated alkanes) is 1. The Bertz CT molecular complexity index is 2250. The minimum absolute atomic E-state index is 0.0152. The minimum atomic E-state index is -3.43. The van der Waals surface area contributed by atoms with Crippen LogP contribution in [-0.2, 0) is 35.6 Å². The molecule has 2 aliphatic rings. The lowest BCUT2D eigenvalue weighted by Gasteiger charge is -2.24. The van der Waals surface area contributed by atoms with Crippen molar-refractivity contribution in [3.8, 4) is 11.8 Å². The number of H-pyrrole nitrogens is 1. The van der Waals surface area contributed by atoms with Crippen molar-refractivity contribution in [3.05, 3.63) is 95.4 Å². The number of anilines is 2. The molecule has 60 heavy (non-hydrogen) atoms. The van der Waals surface area contributed by atoms with Gasteiger partial charge in [-0.1, -0.05) is 12.1 Å². The molecule has 2 atom stereocenters. The van der Waals surface area contributed by atoms with E-state index in [0.29, 0.717) is 82.4 Å². The van der Waals surface area contributed by atoms with E-state index in [9.17, 15) is 22.8 Å². The number of imide groups is 1. The maximum Gasteiger partial charge on any atom is 0.251 e. The monoisotopic (exact) mass is 842 g/mol. The van der Waals surface area contributed by atoms with Gasteiger partial charge in [-0.15, -0.1) is 0 Å². The molecule has 318 valence electrons. The quantitative estimate of drug-likeness (QED) is 0.0535. The van der Waals surface area contributed by atoms with Gasteiger partial charge in [0.15, 0.2) is 6.29 Å². The Morgan fingerprint density at radius 2 is 1.78 bits per heavy atom. The highest BCUT2D eigenvalue weighted by atomic mass is 32.2. The van der Waals surface area contributed by atoms with E-state index < -0.39 is 16.3 Å². The maximum absolute atomic E-state index is 12.8. The lowest BCUT2D eigenvalue weighted by molar-refractivity contribution is -0.134. The molecule has 18 nitrogen and oxygen atoms in total. The van der Waals surface area contributed by atoms with Crippen LogP contribution in [0.15, 0.2) is 78.2 Å². The summed E-state index contributed by atoms with van der Waals surface area (Å²) in [5, 5.41) is 25.3. The minimum Gasteiger partial charge on any atom is -0.491 e. The highest BCUT2D eigenvalue weighted by Gasteiger charge is 2.28. The molecule has 5 N–H and O–H groups in total. The number of carbonyl (C=O) groups is 3. The summed E-state index contributed by atoms with van der Waals surface area (Å²) >= 11 is 0. The second-order valence-corrected chi connectivity index (χ2v) is 16.2. The van der Waals surface area contributed by atoms with Gasteiger partial charge < -0.3 is 35.1 Å². The highest BCUT2D eigenvalue weighted by molar-refractivity contribution is 7.89. The molecule has 3 amide bonds. The standard InChI is InChI=1S/C41H50N10O8S/c1-2-60(55,56)51(19-4-3-16-42)21-20-50-28-31(27-45-50)37-35-15-17-43-38(35)49-41(48-37)46-32-9-5-30(6-10-32)39(53)44-18-22-57-23-24-58-25-26-59-33-11-7-29(8-12-33)34-13-14-36(52)47-40(34)54/h5-12,15,17,27-28,34,41,43,46,49H,2-4,13-14,18-26H2,1H3,(H,44,53)(H,47,52,54). The fourth-order valence-corrected chi connectivity index (χ4v) is 7.78. The molecule has 0 saturated carbocycles. The molecule has 2 aliphatic heterocycles. The summed E-state index contributed by atoms with van der Waals surface area (Å²) in [5.41, 5.74) is 4.40. The fourth-order valence-electron chi connectivity index (χ4n) is 6.64. The van der Waals surface area contributed by atoms with Crippen LogP contribution in [0.5, 0.6) is 5.75 Å². The Balaban J connectivity index is 0.882. The Morgan fingerprint density at radius 3 is 2.53 bits per heavy atom. The van der Waals surface area contributed by atoms with Gasteiger partial charge in [-0.25, -0.2) is 17.7 Å². The maximum atomic E-state index is 12.8. The molecule has 6 rings (SSSR count). The zero-order valence-electron chi connectivity index (χ0n) is 33.4. The Hall–Kier alpha value is -6.07. The number of amides is 3. The van der Waals surface area contributed by atoms with Crippen molar-refractivity contribution >= 4 is 45.0 Å². The zero-order valence-corrected chi connectivity index (χ0v) is 34.2. The number of hydrogen-bond acceptors (Lipinski definition) is 13. The van der Waals surface area contributed by atoms with Crippen LogP contribution in [0.1, 0.15) is 65.6 Å². The van der Waals surface area contributed by atoms with Crippen LogP contribution in [0, 0.1) is 11.3 Å². The van der Waals surface area contributed by atoms with E-state index in [4.69, 9.17) is 24.5 Å². The number of aromatic nitrogens is 3. The Kier molecular flexibility index (Phi) is 15.4. The molecule has 0 radical (unpaired) electrons. The molecule has 1 fully saturated rings. The second-order valence-electron chi connectivity index (χ2n) is 14.0. The number of sulfonamides is 1. The number of rotatable bonds is 23. The van der Waals surface area contributed by atoms with E-state index in [1.165, 1.54) is 4.31 Å². The van der Waals surface area contributed by atoms with Crippen LogP contribution in [0.4, 0.5) is 11.5 Å². The molecule has 2 unspecified atom stereocenters. The van der Waals surface area contributed by atoms with Crippen LogP contribution in [0.3, 0.4) is 0 Å². The predicted octanol–water partition coefficient (Wildman–Crippen LogP) is 3.19. The first-order chi connectivity index (χ1) is 29.1. The number of aliphatic imine (C=N–C) groups is 1. The average Bonchev–Trinajstić information content (AvgIpc) is 3.93. The van der Waals surface area contributed by atoms with Crippen LogP contribution < -0.4 is 26.0 Å². The van der Waals surface area contributed by atoms with Crippen molar-refractivity contribution in [2.45, 2.75) is 51.4 Å². The van der Waals surface area contributed by atoms with Crippen molar-refractivity contribution in [3.63, 3.8) is 0 Å². The highest BCUT2D eigenvalue weighted by Crippen LogP contribution is 2.27. The van der Waals surface area contributed by atoms with E-state index in [0.717, 1.165) is 28.2 Å². The molecule has 0 bridgehead atoms. The van der Waals surface area contributed by atoms with Crippen molar-refractivity contribution < 1.29 is 37.0 Å². The topological polar surface area (TPSA) is 234 Å². The molecule has 4 heterocycles. The summed E-state index contributed by atoms with van der Waals surface area (Å²) < 4.78 is 45.2. The number of aromatic amines is 1. The van der Waals surface area contributed by atoms with Crippen molar-refractivity contribution in [2.24, 2.45) is 4.99 Å². The van der Waals surface area contributed by atoms with E-state index in [1.807, 2.05) is 30.6 Å². The number of nitriles is 1. The zero-order chi connectivity index (χ0) is 42.3. The summed E-state index contributed by atoms with van der Waals surface area (Å²) in [7, 11) is -3.43. The number of ether oxygens (including phenoxy) is 3. The molecule has 2 aromatic carbocycles. The lowest BCUT2D eigenvalue weighted by Crippen LogP contribution is -2.39. The van der Waals surface area contributed by atoms with E-state index in [2.05, 4.69) is 37.4 Å². The third-order valence-corrected chi connectivity index (χ3v) is 11.7. The van der Waals surface area contributed by atoms with E-state index in [1.54, 1.807) is 54.2 Å². The Morgan fingerprint density at radius 1 is 1.02 bits per heavy atom. The van der Waals surface area contributed by atoms with Crippen molar-refractivity contribution in [2.75, 3.05) is 69.1 Å². The van der Waals surface area contributed by atoms with Gasteiger partial charge >= 0.3 is 0 Å². The van der Waals surface area contributed by atoms with Gasteiger partial charge in [0, 0.05) is 67.2 Å². The molecule has 0 aliphatic carbocycles. The molecule has 1 saturated heterocycles. The van der Waals surface area contributed by atoms with Gasteiger partial charge in [0.1, 0.15) is 18.2 Å². The molecule has 4 aromatic rings. The summed E-state index contributed by atoms with van der Waals surface area (Å²) in [6.07, 6.45) is 6.40. The van der Waals surface area contributed by atoms with Gasteiger partial charge in [-0.05, 0) is 67.8 Å².